The summed E-state index contributed by atoms with van der Waals surface area (Å²) in [6.45, 7) is 0. The molecule has 0 unspecified atom stereocenters. The second-order valence-corrected chi connectivity index (χ2v) is 3.71. The standard InChI is InChI=1S/C4H5F5O3S.Li/c5-3(6,7)1-2-4(8,9)13(10,11)12;/h1-2H2,(H,10,11,12);/q;+1/p-1. The summed E-state index contributed by atoms with van der Waals surface area (Å²) in [6.07, 6.45) is -8.96. The van der Waals surface area contributed by atoms with E-state index in [4.69, 9.17) is 0 Å². The molecular formula is C4H4F5LiO3S. The van der Waals surface area contributed by atoms with Gasteiger partial charge in [-0.05, 0) is 0 Å². The molecule has 0 spiro atoms. The summed E-state index contributed by atoms with van der Waals surface area (Å²) in [6, 6.07) is 0. The van der Waals surface area contributed by atoms with E-state index in [1.54, 1.807) is 0 Å². The number of hydrogen-bond donors (Lipinski definition) is 0. The molecule has 14 heavy (non-hydrogen) atoms. The summed E-state index contributed by atoms with van der Waals surface area (Å²) in [5.41, 5.74) is 0. The number of rotatable bonds is 3. The maximum atomic E-state index is 12.1. The van der Waals surface area contributed by atoms with E-state index in [9.17, 15) is 34.9 Å². The van der Waals surface area contributed by atoms with Gasteiger partial charge in [-0.1, -0.05) is 0 Å². The molecule has 10 heteroatoms. The van der Waals surface area contributed by atoms with Crippen LogP contribution in [0.15, 0.2) is 0 Å². The SMILES string of the molecule is O=S(=O)([O-])C(F)(F)CCC(F)(F)F.[Li+]. The molecule has 80 valence electrons. The molecule has 0 rings (SSSR count). The van der Waals surface area contributed by atoms with Gasteiger partial charge >= 0.3 is 30.3 Å². The van der Waals surface area contributed by atoms with E-state index in [-0.39, 0.29) is 18.9 Å². The van der Waals surface area contributed by atoms with Crippen LogP contribution in [-0.4, -0.2) is 24.4 Å². The average molecular weight is 234 g/mol. The summed E-state index contributed by atoms with van der Waals surface area (Å²) < 4.78 is 87.2. The van der Waals surface area contributed by atoms with Crippen LogP contribution >= 0.6 is 0 Å². The molecule has 0 heterocycles. The number of alkyl halides is 5. The first kappa shape index (κ1) is 16.6. The van der Waals surface area contributed by atoms with E-state index < -0.39 is 34.4 Å². The van der Waals surface area contributed by atoms with Gasteiger partial charge in [0.2, 0.25) is 0 Å². The van der Waals surface area contributed by atoms with Gasteiger partial charge in [0.15, 0.2) is 10.1 Å². The first-order chi connectivity index (χ1) is 5.46. The van der Waals surface area contributed by atoms with Crippen LogP contribution < -0.4 is 18.9 Å². The molecule has 0 aliphatic heterocycles. The topological polar surface area (TPSA) is 57.2 Å². The molecule has 0 amide bonds. The Morgan fingerprint density at radius 2 is 1.36 bits per heavy atom. The van der Waals surface area contributed by atoms with Crippen molar-refractivity contribution in [2.75, 3.05) is 0 Å². The van der Waals surface area contributed by atoms with Gasteiger partial charge in [0.05, 0.1) is 6.42 Å². The predicted molar refractivity (Wildman–Crippen MR) is 29.9 cm³/mol. The van der Waals surface area contributed by atoms with E-state index in [2.05, 4.69) is 0 Å². The van der Waals surface area contributed by atoms with E-state index in [0.29, 0.717) is 0 Å². The summed E-state index contributed by atoms with van der Waals surface area (Å²) in [5, 5.41) is -4.86. The van der Waals surface area contributed by atoms with Crippen LogP contribution in [0.3, 0.4) is 0 Å². The molecular weight excluding hydrogens is 230 g/mol. The van der Waals surface area contributed by atoms with Crippen LogP contribution in [0, 0.1) is 0 Å². The smallest absolute Gasteiger partial charge is 0.743 e. The normalized spacial score (nSPS) is 13.6. The van der Waals surface area contributed by atoms with Crippen LogP contribution in [0.2, 0.25) is 0 Å². The molecule has 0 fully saturated rings. The third-order valence-corrected chi connectivity index (χ3v) is 2.00. The molecule has 0 aliphatic carbocycles. The van der Waals surface area contributed by atoms with Crippen molar-refractivity contribution in [3.05, 3.63) is 0 Å². The Morgan fingerprint density at radius 3 is 1.57 bits per heavy atom. The van der Waals surface area contributed by atoms with Crippen molar-refractivity contribution in [2.24, 2.45) is 0 Å². The summed E-state index contributed by atoms with van der Waals surface area (Å²) in [4.78, 5) is 0. The van der Waals surface area contributed by atoms with Gasteiger partial charge in [0, 0.05) is 6.42 Å². The van der Waals surface area contributed by atoms with E-state index in [1.807, 2.05) is 0 Å². The Labute approximate surface area is 88.6 Å². The van der Waals surface area contributed by atoms with Crippen LogP contribution in [0.4, 0.5) is 22.0 Å². The van der Waals surface area contributed by atoms with Crippen molar-refractivity contribution < 1.29 is 53.8 Å². The fraction of sp³-hybridized carbons (Fsp3) is 1.00. The summed E-state index contributed by atoms with van der Waals surface area (Å²) >= 11 is 0. The summed E-state index contributed by atoms with van der Waals surface area (Å²) in [5.74, 6) is 0. The van der Waals surface area contributed by atoms with Crippen molar-refractivity contribution in [3.63, 3.8) is 0 Å². The van der Waals surface area contributed by atoms with Crippen LogP contribution in [0.5, 0.6) is 0 Å². The van der Waals surface area contributed by atoms with Crippen molar-refractivity contribution in [1.29, 1.82) is 0 Å². The Balaban J connectivity index is 0. The fourth-order valence-corrected chi connectivity index (χ4v) is 0.764. The molecule has 0 saturated heterocycles. The monoisotopic (exact) mass is 234 g/mol. The molecule has 0 aromatic heterocycles. The molecule has 3 nitrogen and oxygen atoms in total. The Kier molecular flexibility index (Phi) is 5.67. The van der Waals surface area contributed by atoms with Gasteiger partial charge in [-0.25, -0.2) is 8.42 Å². The van der Waals surface area contributed by atoms with Crippen LogP contribution in [-0.2, 0) is 10.1 Å². The van der Waals surface area contributed by atoms with Crippen LogP contribution in [0.1, 0.15) is 12.8 Å². The molecule has 0 aromatic carbocycles. The van der Waals surface area contributed by atoms with Gasteiger partial charge in [0.1, 0.15) is 0 Å². The Morgan fingerprint density at radius 1 is 1.00 bits per heavy atom. The van der Waals surface area contributed by atoms with Crippen molar-refractivity contribution in [1.82, 2.24) is 0 Å². The zero-order valence-electron chi connectivity index (χ0n) is 6.94. The van der Waals surface area contributed by atoms with Crippen molar-refractivity contribution >= 4 is 10.1 Å². The third kappa shape index (κ3) is 5.80. The maximum Gasteiger partial charge on any atom is 1.00 e. The molecule has 0 atom stereocenters. The molecule has 0 saturated carbocycles. The minimum atomic E-state index is -6.01. The van der Waals surface area contributed by atoms with Gasteiger partial charge in [-0.2, -0.15) is 22.0 Å². The predicted octanol–water partition coefficient (Wildman–Crippen LogP) is -1.53. The van der Waals surface area contributed by atoms with Crippen molar-refractivity contribution in [2.45, 2.75) is 24.3 Å². The fourth-order valence-electron chi connectivity index (χ4n) is 0.412. The minimum Gasteiger partial charge on any atom is -0.743 e. The quantitative estimate of drug-likeness (QED) is 0.338. The van der Waals surface area contributed by atoms with E-state index in [1.165, 1.54) is 0 Å². The van der Waals surface area contributed by atoms with Crippen LogP contribution in [0.25, 0.3) is 0 Å². The largest absolute Gasteiger partial charge is 1.00 e. The van der Waals surface area contributed by atoms with Crippen molar-refractivity contribution in [3.8, 4) is 0 Å². The number of halogens is 5. The first-order valence-corrected chi connectivity index (χ1v) is 4.26. The second kappa shape index (κ2) is 4.79. The zero-order valence-corrected chi connectivity index (χ0v) is 7.75. The number of hydrogen-bond acceptors (Lipinski definition) is 3. The average Bonchev–Trinajstić information content (AvgIpc) is 1.79. The van der Waals surface area contributed by atoms with Gasteiger partial charge < -0.3 is 4.55 Å². The zero-order chi connectivity index (χ0) is 10.9. The van der Waals surface area contributed by atoms with Gasteiger partial charge in [-0.3, -0.25) is 0 Å². The molecule has 0 N–H and O–H groups in total. The summed E-state index contributed by atoms with van der Waals surface area (Å²) in [7, 11) is -6.01. The van der Waals surface area contributed by atoms with E-state index >= 15 is 0 Å². The maximum absolute atomic E-state index is 12.1. The first-order valence-electron chi connectivity index (χ1n) is 2.86. The van der Waals surface area contributed by atoms with Gasteiger partial charge in [-0.15, -0.1) is 0 Å². The Hall–Kier alpha value is 0.157. The van der Waals surface area contributed by atoms with Gasteiger partial charge in [0.25, 0.3) is 0 Å². The molecule has 0 aliphatic rings. The molecule has 0 bridgehead atoms. The van der Waals surface area contributed by atoms with E-state index in [0.717, 1.165) is 0 Å². The molecule has 0 aromatic rings. The molecule has 0 radical (unpaired) electrons. The minimum absolute atomic E-state index is 0. The second-order valence-electron chi connectivity index (χ2n) is 2.21. The third-order valence-electron chi connectivity index (χ3n) is 1.07. The Bertz CT molecular complexity index is 271.